The molecule has 0 heterocycles. The molecule has 0 aliphatic rings. The van der Waals surface area contributed by atoms with Gasteiger partial charge < -0.3 is 9.47 Å². The van der Waals surface area contributed by atoms with Crippen LogP contribution in [0.15, 0.2) is 23.1 Å². The van der Waals surface area contributed by atoms with Gasteiger partial charge in [0.05, 0.1) is 24.3 Å². The van der Waals surface area contributed by atoms with Crippen LogP contribution in [0.4, 0.5) is 0 Å². The number of rotatable bonds is 13. The number of carbonyl (C=O) groups excluding carboxylic acids is 2. The Bertz CT molecular complexity index is 741. The van der Waals surface area contributed by atoms with Gasteiger partial charge in [-0.2, -0.15) is 8.42 Å². The average molecular weight is 415 g/mol. The summed E-state index contributed by atoms with van der Waals surface area (Å²) in [6, 6.07) is 3.39. The monoisotopic (exact) mass is 414 g/mol. The van der Waals surface area contributed by atoms with E-state index < -0.39 is 27.0 Å². The van der Waals surface area contributed by atoms with Gasteiger partial charge in [-0.3, -0.25) is 4.55 Å². The van der Waals surface area contributed by atoms with Crippen LogP contribution >= 0.6 is 0 Å². The second kappa shape index (κ2) is 12.5. The van der Waals surface area contributed by atoms with Gasteiger partial charge in [0.1, 0.15) is 4.90 Å². The van der Waals surface area contributed by atoms with Crippen LogP contribution in [-0.2, 0) is 19.6 Å². The fraction of sp³-hybridized carbons (Fsp3) is 0.600. The molecule has 1 N–H and O–H groups in total. The van der Waals surface area contributed by atoms with Crippen molar-refractivity contribution in [2.75, 3.05) is 13.2 Å². The van der Waals surface area contributed by atoms with Crippen LogP contribution in [0.5, 0.6) is 0 Å². The minimum absolute atomic E-state index is 0.0531. The number of hydrogen-bond acceptors (Lipinski definition) is 6. The van der Waals surface area contributed by atoms with Crippen molar-refractivity contribution in [2.24, 2.45) is 0 Å². The first-order valence-electron chi connectivity index (χ1n) is 9.77. The van der Waals surface area contributed by atoms with E-state index in [0.717, 1.165) is 50.7 Å². The van der Waals surface area contributed by atoms with Crippen LogP contribution in [0.25, 0.3) is 0 Å². The molecule has 0 radical (unpaired) electrons. The van der Waals surface area contributed by atoms with E-state index in [1.54, 1.807) is 0 Å². The molecule has 1 rings (SSSR count). The summed E-state index contributed by atoms with van der Waals surface area (Å²) in [5.74, 6) is -1.57. The molecular formula is C20H30O7S. The van der Waals surface area contributed by atoms with Crippen LogP contribution in [0.1, 0.15) is 85.9 Å². The molecule has 158 valence electrons. The second-order valence-electron chi connectivity index (χ2n) is 6.58. The minimum atomic E-state index is -4.71. The van der Waals surface area contributed by atoms with Gasteiger partial charge >= 0.3 is 11.9 Å². The van der Waals surface area contributed by atoms with Crippen LogP contribution < -0.4 is 0 Å². The molecular weight excluding hydrogens is 384 g/mol. The van der Waals surface area contributed by atoms with E-state index in [1.807, 2.05) is 0 Å². The molecule has 0 fully saturated rings. The van der Waals surface area contributed by atoms with Crippen molar-refractivity contribution >= 4 is 22.1 Å². The molecule has 1 aromatic rings. The molecule has 7 nitrogen and oxygen atoms in total. The van der Waals surface area contributed by atoms with Crippen LogP contribution in [0.3, 0.4) is 0 Å². The Balaban J connectivity index is 2.82. The SMILES string of the molecule is CCCCCCOC(=O)c1ccc(C(=O)OCCCCCC)c(S(=O)(=O)O)c1. The lowest BCUT2D eigenvalue weighted by atomic mass is 10.1. The average Bonchev–Trinajstić information content (AvgIpc) is 2.66. The van der Waals surface area contributed by atoms with Gasteiger partial charge in [0, 0.05) is 0 Å². The van der Waals surface area contributed by atoms with E-state index in [9.17, 15) is 22.6 Å². The summed E-state index contributed by atoms with van der Waals surface area (Å²) in [7, 11) is -4.71. The Kier molecular flexibility index (Phi) is 10.8. The summed E-state index contributed by atoms with van der Waals surface area (Å²) < 4.78 is 43.0. The Hall–Kier alpha value is -1.93. The van der Waals surface area contributed by atoms with Gasteiger partial charge in [-0.1, -0.05) is 52.4 Å². The number of carbonyl (C=O) groups is 2. The first-order chi connectivity index (χ1) is 13.3. The second-order valence-corrected chi connectivity index (χ2v) is 7.97. The van der Waals surface area contributed by atoms with Gasteiger partial charge in [0.25, 0.3) is 10.1 Å². The van der Waals surface area contributed by atoms with Crippen LogP contribution in [-0.4, -0.2) is 38.1 Å². The van der Waals surface area contributed by atoms with Crippen molar-refractivity contribution in [1.82, 2.24) is 0 Å². The summed E-state index contributed by atoms with van der Waals surface area (Å²) in [6.45, 7) is 4.51. The lowest BCUT2D eigenvalue weighted by molar-refractivity contribution is 0.0479. The normalized spacial score (nSPS) is 11.2. The molecule has 0 spiro atoms. The third-order valence-electron chi connectivity index (χ3n) is 4.18. The summed E-state index contributed by atoms with van der Waals surface area (Å²) >= 11 is 0. The lowest BCUT2D eigenvalue weighted by Gasteiger charge is -2.10. The third-order valence-corrected chi connectivity index (χ3v) is 5.07. The fourth-order valence-corrected chi connectivity index (χ4v) is 3.29. The lowest BCUT2D eigenvalue weighted by Crippen LogP contribution is -2.14. The summed E-state index contributed by atoms with van der Waals surface area (Å²) in [4.78, 5) is 23.6. The zero-order valence-electron chi connectivity index (χ0n) is 16.6. The molecule has 0 aromatic heterocycles. The fourth-order valence-electron chi connectivity index (χ4n) is 2.58. The largest absolute Gasteiger partial charge is 0.462 e. The van der Waals surface area contributed by atoms with Crippen molar-refractivity contribution in [3.05, 3.63) is 29.3 Å². The number of benzene rings is 1. The highest BCUT2D eigenvalue weighted by molar-refractivity contribution is 7.86. The maximum Gasteiger partial charge on any atom is 0.339 e. The summed E-state index contributed by atoms with van der Waals surface area (Å²) in [5, 5.41) is 0. The molecule has 0 unspecified atom stereocenters. The number of hydrogen-bond donors (Lipinski definition) is 1. The maximum absolute atomic E-state index is 12.2. The summed E-state index contributed by atoms with van der Waals surface area (Å²) in [6.07, 6.45) is 7.37. The Morgan fingerprint density at radius 1 is 0.857 bits per heavy atom. The Labute approximate surface area is 167 Å². The molecule has 0 aliphatic heterocycles. The van der Waals surface area contributed by atoms with Crippen LogP contribution in [0.2, 0.25) is 0 Å². The van der Waals surface area contributed by atoms with Gasteiger partial charge in [-0.05, 0) is 31.0 Å². The van der Waals surface area contributed by atoms with Gasteiger partial charge in [0.15, 0.2) is 0 Å². The van der Waals surface area contributed by atoms with Gasteiger partial charge in [0.2, 0.25) is 0 Å². The van der Waals surface area contributed by atoms with Gasteiger partial charge in [-0.15, -0.1) is 0 Å². The molecule has 8 heteroatoms. The molecule has 0 aliphatic carbocycles. The van der Waals surface area contributed by atoms with E-state index >= 15 is 0 Å². The standard InChI is InChI=1S/C20H30O7S/c1-3-5-7-9-13-26-19(21)16-11-12-17(18(15-16)28(23,24)25)20(22)27-14-10-8-6-4-2/h11-12,15H,3-10,13-14H2,1-2H3,(H,23,24,25). The Morgan fingerprint density at radius 3 is 1.89 bits per heavy atom. The molecule has 28 heavy (non-hydrogen) atoms. The molecule has 0 amide bonds. The maximum atomic E-state index is 12.2. The molecule has 0 bridgehead atoms. The van der Waals surface area contributed by atoms with Gasteiger partial charge in [-0.25, -0.2) is 9.59 Å². The van der Waals surface area contributed by atoms with Crippen LogP contribution in [0, 0.1) is 0 Å². The molecule has 0 saturated heterocycles. The van der Waals surface area contributed by atoms with Crippen molar-refractivity contribution in [2.45, 2.75) is 70.1 Å². The predicted octanol–water partition coefficient (Wildman–Crippen LogP) is 4.41. The zero-order valence-corrected chi connectivity index (χ0v) is 17.4. The summed E-state index contributed by atoms with van der Waals surface area (Å²) in [5.41, 5.74) is -0.361. The predicted molar refractivity (Wildman–Crippen MR) is 105 cm³/mol. The highest BCUT2D eigenvalue weighted by atomic mass is 32.2. The molecule has 0 atom stereocenters. The third kappa shape index (κ3) is 8.39. The first kappa shape index (κ1) is 24.1. The van der Waals surface area contributed by atoms with Crippen molar-refractivity contribution in [3.8, 4) is 0 Å². The number of unbranched alkanes of at least 4 members (excludes halogenated alkanes) is 6. The molecule has 0 saturated carbocycles. The number of ether oxygens (including phenoxy) is 2. The van der Waals surface area contributed by atoms with Crippen molar-refractivity contribution in [3.63, 3.8) is 0 Å². The van der Waals surface area contributed by atoms with E-state index in [2.05, 4.69) is 13.8 Å². The number of esters is 2. The smallest absolute Gasteiger partial charge is 0.339 e. The van der Waals surface area contributed by atoms with Crippen molar-refractivity contribution < 1.29 is 32.0 Å². The highest BCUT2D eigenvalue weighted by Crippen LogP contribution is 2.20. The van der Waals surface area contributed by atoms with E-state index in [1.165, 1.54) is 6.07 Å². The highest BCUT2D eigenvalue weighted by Gasteiger charge is 2.24. The topological polar surface area (TPSA) is 107 Å². The van der Waals surface area contributed by atoms with E-state index in [-0.39, 0.29) is 24.3 Å². The van der Waals surface area contributed by atoms with Crippen molar-refractivity contribution in [1.29, 1.82) is 0 Å². The minimum Gasteiger partial charge on any atom is -0.462 e. The zero-order chi connectivity index (χ0) is 21.0. The first-order valence-corrected chi connectivity index (χ1v) is 11.2. The Morgan fingerprint density at radius 2 is 1.39 bits per heavy atom. The van der Waals surface area contributed by atoms with E-state index in [4.69, 9.17) is 9.47 Å². The molecule has 1 aromatic carbocycles. The quantitative estimate of drug-likeness (QED) is 0.289. The van der Waals surface area contributed by atoms with E-state index in [0.29, 0.717) is 12.8 Å².